The standard InChI is InChI=1S/C13H9ClF3N3O/c14-8-12(21)20(10-5-1-2-7-18-10)11-6-3-4-9(19-11)13(15,16)17/h1-7H,8H2. The summed E-state index contributed by atoms with van der Waals surface area (Å²) in [5.74, 6) is -1.07. The van der Waals surface area contributed by atoms with Crippen LogP contribution in [0.1, 0.15) is 5.69 Å². The molecule has 1 amide bonds. The summed E-state index contributed by atoms with van der Waals surface area (Å²) in [6.45, 7) is 0. The maximum absolute atomic E-state index is 12.7. The summed E-state index contributed by atoms with van der Waals surface area (Å²) in [5.41, 5.74) is -1.09. The van der Waals surface area contributed by atoms with E-state index in [4.69, 9.17) is 11.6 Å². The van der Waals surface area contributed by atoms with E-state index in [9.17, 15) is 18.0 Å². The molecule has 0 radical (unpaired) electrons. The van der Waals surface area contributed by atoms with Gasteiger partial charge in [0.25, 0.3) is 0 Å². The highest BCUT2D eigenvalue weighted by Gasteiger charge is 2.33. The van der Waals surface area contributed by atoms with Gasteiger partial charge < -0.3 is 0 Å². The Morgan fingerprint density at radius 3 is 2.43 bits per heavy atom. The van der Waals surface area contributed by atoms with Crippen molar-refractivity contribution in [3.63, 3.8) is 0 Å². The number of pyridine rings is 2. The van der Waals surface area contributed by atoms with E-state index in [1.54, 1.807) is 12.1 Å². The van der Waals surface area contributed by atoms with Gasteiger partial charge in [-0.15, -0.1) is 11.6 Å². The fourth-order valence-corrected chi connectivity index (χ4v) is 1.74. The van der Waals surface area contributed by atoms with Gasteiger partial charge in [-0.25, -0.2) is 14.9 Å². The molecule has 2 rings (SSSR count). The molecule has 21 heavy (non-hydrogen) atoms. The highest BCUT2D eigenvalue weighted by molar-refractivity contribution is 6.30. The minimum Gasteiger partial charge on any atom is -0.273 e. The number of anilines is 2. The fourth-order valence-electron chi connectivity index (χ4n) is 1.62. The number of aromatic nitrogens is 2. The highest BCUT2D eigenvalue weighted by Crippen LogP contribution is 2.30. The van der Waals surface area contributed by atoms with Crippen molar-refractivity contribution in [3.8, 4) is 0 Å². The number of alkyl halides is 4. The Kier molecular flexibility index (Phi) is 4.42. The number of hydrogen-bond donors (Lipinski definition) is 0. The lowest BCUT2D eigenvalue weighted by atomic mass is 10.3. The van der Waals surface area contributed by atoms with Crippen molar-refractivity contribution in [3.05, 3.63) is 48.3 Å². The molecule has 0 aliphatic carbocycles. The number of rotatable bonds is 3. The molecule has 0 saturated carbocycles. The van der Waals surface area contributed by atoms with E-state index in [0.717, 1.165) is 11.0 Å². The van der Waals surface area contributed by atoms with Crippen LogP contribution in [-0.4, -0.2) is 21.8 Å². The molecule has 0 aromatic carbocycles. The number of carbonyl (C=O) groups excluding carboxylic acids is 1. The Bertz CT molecular complexity index is 634. The Hall–Kier alpha value is -2.15. The molecule has 0 N–H and O–H groups in total. The first-order valence-corrected chi connectivity index (χ1v) is 6.31. The summed E-state index contributed by atoms with van der Waals surface area (Å²) < 4.78 is 38.1. The molecule has 0 spiro atoms. The van der Waals surface area contributed by atoms with Gasteiger partial charge in [-0.05, 0) is 24.3 Å². The Balaban J connectivity index is 2.50. The molecule has 2 aromatic rings. The average Bonchev–Trinajstić information content (AvgIpc) is 2.48. The third-order valence-electron chi connectivity index (χ3n) is 2.50. The normalized spacial score (nSPS) is 11.2. The molecule has 110 valence electrons. The summed E-state index contributed by atoms with van der Waals surface area (Å²) in [6, 6.07) is 7.98. The third-order valence-corrected chi connectivity index (χ3v) is 2.72. The van der Waals surface area contributed by atoms with Crippen molar-refractivity contribution in [2.24, 2.45) is 0 Å². The molecule has 2 aromatic heterocycles. The lowest BCUT2D eigenvalue weighted by molar-refractivity contribution is -0.141. The predicted molar refractivity (Wildman–Crippen MR) is 71.3 cm³/mol. The van der Waals surface area contributed by atoms with Crippen LogP contribution in [0.25, 0.3) is 0 Å². The predicted octanol–water partition coefficient (Wildman–Crippen LogP) is 3.40. The van der Waals surface area contributed by atoms with Crippen LogP contribution in [0.2, 0.25) is 0 Å². The van der Waals surface area contributed by atoms with Crippen molar-refractivity contribution < 1.29 is 18.0 Å². The zero-order valence-electron chi connectivity index (χ0n) is 10.5. The molecule has 0 atom stereocenters. The second-order valence-electron chi connectivity index (χ2n) is 3.93. The molecular weight excluding hydrogens is 307 g/mol. The first kappa shape index (κ1) is 15.2. The number of halogens is 4. The van der Waals surface area contributed by atoms with Crippen LogP contribution in [0.15, 0.2) is 42.6 Å². The zero-order valence-corrected chi connectivity index (χ0v) is 11.3. The second-order valence-corrected chi connectivity index (χ2v) is 4.20. The van der Waals surface area contributed by atoms with E-state index in [1.165, 1.54) is 24.4 Å². The van der Waals surface area contributed by atoms with Gasteiger partial charge in [0, 0.05) is 6.20 Å². The molecule has 0 aliphatic rings. The molecule has 4 nitrogen and oxygen atoms in total. The quantitative estimate of drug-likeness (QED) is 0.816. The van der Waals surface area contributed by atoms with Gasteiger partial charge in [-0.1, -0.05) is 12.1 Å². The van der Waals surface area contributed by atoms with Gasteiger partial charge in [0.2, 0.25) is 5.91 Å². The van der Waals surface area contributed by atoms with E-state index in [2.05, 4.69) is 9.97 Å². The molecule has 0 unspecified atom stereocenters. The van der Waals surface area contributed by atoms with Crippen LogP contribution in [0.5, 0.6) is 0 Å². The maximum Gasteiger partial charge on any atom is 0.433 e. The smallest absolute Gasteiger partial charge is 0.273 e. The van der Waals surface area contributed by atoms with Crippen LogP contribution in [0.4, 0.5) is 24.8 Å². The summed E-state index contributed by atoms with van der Waals surface area (Å²) >= 11 is 5.51. The minimum atomic E-state index is -4.60. The Morgan fingerprint density at radius 1 is 1.14 bits per heavy atom. The largest absolute Gasteiger partial charge is 0.433 e. The van der Waals surface area contributed by atoms with Crippen LogP contribution in [0, 0.1) is 0 Å². The van der Waals surface area contributed by atoms with Crippen molar-refractivity contribution in [1.29, 1.82) is 0 Å². The number of amides is 1. The molecule has 2 heterocycles. The lowest BCUT2D eigenvalue weighted by Gasteiger charge is -2.20. The molecule has 0 aliphatic heterocycles. The SMILES string of the molecule is O=C(CCl)N(c1ccccn1)c1cccc(C(F)(F)F)n1. The highest BCUT2D eigenvalue weighted by atomic mass is 35.5. The van der Waals surface area contributed by atoms with E-state index >= 15 is 0 Å². The van der Waals surface area contributed by atoms with Gasteiger partial charge in [0.05, 0.1) is 0 Å². The first-order valence-electron chi connectivity index (χ1n) is 5.77. The van der Waals surface area contributed by atoms with Crippen molar-refractivity contribution in [1.82, 2.24) is 9.97 Å². The first-order chi connectivity index (χ1) is 9.93. The molecule has 0 bridgehead atoms. The fraction of sp³-hybridized carbons (Fsp3) is 0.154. The van der Waals surface area contributed by atoms with Crippen LogP contribution in [-0.2, 0) is 11.0 Å². The summed E-state index contributed by atoms with van der Waals surface area (Å²) in [7, 11) is 0. The summed E-state index contributed by atoms with van der Waals surface area (Å²) in [5, 5.41) is 0. The van der Waals surface area contributed by atoms with Crippen molar-refractivity contribution >= 4 is 29.1 Å². The van der Waals surface area contributed by atoms with Crippen LogP contribution >= 0.6 is 11.6 Å². The van der Waals surface area contributed by atoms with Gasteiger partial charge in [0.15, 0.2) is 0 Å². The molecule has 8 heteroatoms. The Labute approximate surface area is 123 Å². The summed E-state index contributed by atoms with van der Waals surface area (Å²) in [4.78, 5) is 20.3. The van der Waals surface area contributed by atoms with E-state index in [-0.39, 0.29) is 11.6 Å². The Morgan fingerprint density at radius 2 is 1.86 bits per heavy atom. The monoisotopic (exact) mass is 315 g/mol. The number of nitrogens with zero attached hydrogens (tertiary/aromatic N) is 3. The van der Waals surface area contributed by atoms with Gasteiger partial charge >= 0.3 is 6.18 Å². The van der Waals surface area contributed by atoms with Crippen LogP contribution in [0.3, 0.4) is 0 Å². The minimum absolute atomic E-state index is 0.148. The molecular formula is C13H9ClF3N3O. The number of hydrogen-bond acceptors (Lipinski definition) is 3. The van der Waals surface area contributed by atoms with Gasteiger partial charge in [-0.2, -0.15) is 13.2 Å². The lowest BCUT2D eigenvalue weighted by Crippen LogP contribution is -2.29. The third kappa shape index (κ3) is 3.49. The average molecular weight is 316 g/mol. The van der Waals surface area contributed by atoms with E-state index in [0.29, 0.717) is 0 Å². The number of carbonyl (C=O) groups is 1. The molecule has 0 saturated heterocycles. The van der Waals surface area contributed by atoms with Crippen LogP contribution < -0.4 is 4.90 Å². The maximum atomic E-state index is 12.7. The van der Waals surface area contributed by atoms with Crippen molar-refractivity contribution in [2.75, 3.05) is 10.8 Å². The topological polar surface area (TPSA) is 46.1 Å². The van der Waals surface area contributed by atoms with E-state index < -0.39 is 23.7 Å². The second kappa shape index (κ2) is 6.09. The molecule has 0 fully saturated rings. The van der Waals surface area contributed by atoms with Crippen molar-refractivity contribution in [2.45, 2.75) is 6.18 Å². The zero-order chi connectivity index (χ0) is 15.5. The summed E-state index contributed by atoms with van der Waals surface area (Å²) in [6.07, 6.45) is -3.19. The van der Waals surface area contributed by atoms with Gasteiger partial charge in [0.1, 0.15) is 23.2 Å². The van der Waals surface area contributed by atoms with Gasteiger partial charge in [-0.3, -0.25) is 4.79 Å². The van der Waals surface area contributed by atoms with E-state index in [1.807, 2.05) is 0 Å².